The van der Waals surface area contributed by atoms with Crippen molar-refractivity contribution in [3.8, 4) is 0 Å². The van der Waals surface area contributed by atoms with Crippen molar-refractivity contribution in [2.24, 2.45) is 0 Å². The Kier molecular flexibility index (Phi) is 10.1. The summed E-state index contributed by atoms with van der Waals surface area (Å²) in [6.45, 7) is 14.6. The maximum atomic E-state index is 12.8. The summed E-state index contributed by atoms with van der Waals surface area (Å²) < 4.78 is 16.9. The first kappa shape index (κ1) is 30.8. The molecule has 0 radical (unpaired) electrons. The highest BCUT2D eigenvalue weighted by Crippen LogP contribution is 2.30. The van der Waals surface area contributed by atoms with Crippen LogP contribution >= 0.6 is 0 Å². The summed E-state index contributed by atoms with van der Waals surface area (Å²) in [7, 11) is 0. The predicted molar refractivity (Wildman–Crippen MR) is 158 cm³/mol. The molecular weight excluding hydrogens is 506 g/mol. The number of benzene rings is 2. The number of unbranched alkanes of at least 4 members (excludes halogenated alkanes) is 1. The molecule has 0 N–H and O–H groups in total. The molecule has 0 aliphatic carbocycles. The highest BCUT2D eigenvalue weighted by molar-refractivity contribution is 5.82. The third kappa shape index (κ3) is 9.18. The van der Waals surface area contributed by atoms with Crippen LogP contribution in [0.2, 0.25) is 0 Å². The lowest BCUT2D eigenvalue weighted by atomic mass is 9.97. The molecule has 7 nitrogen and oxygen atoms in total. The minimum atomic E-state index is -0.974. The Labute approximate surface area is 238 Å². The second kappa shape index (κ2) is 13.1. The van der Waals surface area contributed by atoms with Gasteiger partial charge in [-0.2, -0.15) is 0 Å². The summed E-state index contributed by atoms with van der Waals surface area (Å²) in [5.74, 6) is 1.05. The quantitative estimate of drug-likeness (QED) is 0.206. The molecule has 0 atom stereocenters. The molecule has 7 heteroatoms. The lowest BCUT2D eigenvalue weighted by molar-refractivity contribution is -0.130. The highest BCUT2D eigenvalue weighted by atomic mass is 16.8. The van der Waals surface area contributed by atoms with Crippen LogP contribution in [0, 0.1) is 0 Å². The maximum Gasteiger partial charge on any atom is 0.534 e. The van der Waals surface area contributed by atoms with Crippen LogP contribution in [0.1, 0.15) is 90.7 Å². The standard InChI is InChI=1S/C33H43NO6/c1-9-10-17-29-27(26-16-11-12-18-28(26)37-29)22-24-14-13-15-25(21-24)23(2)19-20-34(30(35)38-32(3,4)5)40-31(36)39-33(6,7)8/h11-16,18-19,21H,9-10,17,20,22H2,1-8H3/b23-19+. The van der Waals surface area contributed by atoms with Crippen LogP contribution in [-0.4, -0.2) is 35.1 Å². The van der Waals surface area contributed by atoms with Crippen LogP contribution in [0.5, 0.6) is 0 Å². The predicted octanol–water partition coefficient (Wildman–Crippen LogP) is 8.87. The highest BCUT2D eigenvalue weighted by Gasteiger charge is 2.27. The average molecular weight is 550 g/mol. The number of para-hydroxylation sites is 1. The van der Waals surface area contributed by atoms with Crippen molar-refractivity contribution in [1.82, 2.24) is 5.06 Å². The van der Waals surface area contributed by atoms with E-state index in [9.17, 15) is 9.59 Å². The zero-order valence-electron chi connectivity index (χ0n) is 25.1. The second-order valence-corrected chi connectivity index (χ2v) is 12.0. The number of carbonyl (C=O) groups excluding carboxylic acids is 2. The molecule has 0 saturated carbocycles. The molecule has 216 valence electrons. The lowest BCUT2D eigenvalue weighted by Crippen LogP contribution is -2.39. The van der Waals surface area contributed by atoms with E-state index in [1.165, 1.54) is 5.56 Å². The van der Waals surface area contributed by atoms with Gasteiger partial charge in [0, 0.05) is 23.8 Å². The third-order valence-corrected chi connectivity index (χ3v) is 6.04. The number of rotatable bonds is 8. The molecule has 3 aromatic rings. The number of aryl methyl sites for hydroxylation is 1. The van der Waals surface area contributed by atoms with E-state index in [4.69, 9.17) is 18.7 Å². The first-order valence-corrected chi connectivity index (χ1v) is 13.9. The number of furan rings is 1. The molecule has 0 spiro atoms. The summed E-state index contributed by atoms with van der Waals surface area (Å²) in [4.78, 5) is 30.3. The van der Waals surface area contributed by atoms with Crippen LogP contribution in [0.4, 0.5) is 9.59 Å². The van der Waals surface area contributed by atoms with Crippen LogP contribution in [0.25, 0.3) is 16.5 Å². The van der Waals surface area contributed by atoms with Gasteiger partial charge in [-0.1, -0.05) is 61.9 Å². The van der Waals surface area contributed by atoms with Gasteiger partial charge in [-0.05, 0) is 77.7 Å². The van der Waals surface area contributed by atoms with Gasteiger partial charge in [-0.25, -0.2) is 9.59 Å². The van der Waals surface area contributed by atoms with E-state index in [2.05, 4.69) is 25.1 Å². The number of hydrogen-bond acceptors (Lipinski definition) is 6. The monoisotopic (exact) mass is 549 g/mol. The molecule has 0 aliphatic rings. The second-order valence-electron chi connectivity index (χ2n) is 12.0. The molecule has 1 amide bonds. The van der Waals surface area contributed by atoms with Gasteiger partial charge in [0.2, 0.25) is 0 Å². The van der Waals surface area contributed by atoms with Gasteiger partial charge in [0.15, 0.2) is 0 Å². The van der Waals surface area contributed by atoms with Crippen LogP contribution in [-0.2, 0) is 27.2 Å². The molecule has 0 unspecified atom stereocenters. The van der Waals surface area contributed by atoms with E-state index in [0.29, 0.717) is 0 Å². The van der Waals surface area contributed by atoms with Crippen molar-refractivity contribution in [3.05, 3.63) is 77.1 Å². The molecule has 1 heterocycles. The summed E-state index contributed by atoms with van der Waals surface area (Å²) >= 11 is 0. The Morgan fingerprint density at radius 2 is 1.65 bits per heavy atom. The van der Waals surface area contributed by atoms with Crippen molar-refractivity contribution >= 4 is 28.8 Å². The van der Waals surface area contributed by atoms with E-state index in [1.54, 1.807) is 41.5 Å². The molecule has 2 aromatic carbocycles. The number of hydrogen-bond donors (Lipinski definition) is 0. The first-order valence-electron chi connectivity index (χ1n) is 13.9. The smallest absolute Gasteiger partial charge is 0.461 e. The molecule has 0 aliphatic heterocycles. The minimum absolute atomic E-state index is 0.00223. The van der Waals surface area contributed by atoms with Crippen molar-refractivity contribution in [1.29, 1.82) is 0 Å². The van der Waals surface area contributed by atoms with Crippen molar-refractivity contribution in [2.75, 3.05) is 6.54 Å². The van der Waals surface area contributed by atoms with Crippen LogP contribution in [0.15, 0.2) is 59.0 Å². The zero-order valence-corrected chi connectivity index (χ0v) is 25.1. The van der Waals surface area contributed by atoms with Crippen molar-refractivity contribution in [2.45, 2.75) is 92.3 Å². The fraction of sp³-hybridized carbons (Fsp3) is 0.455. The summed E-state index contributed by atoms with van der Waals surface area (Å²) in [6.07, 6.45) is 3.93. The Hall–Kier alpha value is -3.74. The molecule has 0 saturated heterocycles. The summed E-state index contributed by atoms with van der Waals surface area (Å²) in [6, 6.07) is 16.5. The number of ether oxygens (including phenoxy) is 2. The van der Waals surface area contributed by atoms with E-state index < -0.39 is 23.5 Å². The molecular formula is C33H43NO6. The van der Waals surface area contributed by atoms with E-state index >= 15 is 0 Å². The molecule has 40 heavy (non-hydrogen) atoms. The normalized spacial score (nSPS) is 12.3. The summed E-state index contributed by atoms with van der Waals surface area (Å²) in [5, 5.41) is 2.03. The number of nitrogens with zero attached hydrogens (tertiary/aromatic N) is 1. The Bertz CT molecular complexity index is 1340. The van der Waals surface area contributed by atoms with Crippen LogP contribution < -0.4 is 0 Å². The SMILES string of the molecule is CCCCc1oc2ccccc2c1Cc1cccc(/C(C)=C/CN(OC(=O)OC(C)(C)C)C(=O)OC(C)(C)C)c1. The van der Waals surface area contributed by atoms with E-state index in [0.717, 1.165) is 64.2 Å². The number of carbonyl (C=O) groups is 2. The van der Waals surface area contributed by atoms with Gasteiger partial charge in [0.25, 0.3) is 0 Å². The fourth-order valence-electron chi connectivity index (χ4n) is 4.17. The minimum Gasteiger partial charge on any atom is -0.461 e. The van der Waals surface area contributed by atoms with Crippen molar-refractivity contribution < 1.29 is 28.3 Å². The summed E-state index contributed by atoms with van der Waals surface area (Å²) in [5.41, 5.74) is 3.71. The number of amides is 1. The molecule has 3 rings (SSSR count). The van der Waals surface area contributed by atoms with Gasteiger partial charge in [0.1, 0.15) is 22.5 Å². The molecule has 0 fully saturated rings. The lowest BCUT2D eigenvalue weighted by Gasteiger charge is -2.26. The van der Waals surface area contributed by atoms with Crippen LogP contribution in [0.3, 0.4) is 0 Å². The Morgan fingerprint density at radius 1 is 0.950 bits per heavy atom. The maximum absolute atomic E-state index is 12.8. The molecule has 1 aromatic heterocycles. The van der Waals surface area contributed by atoms with Gasteiger partial charge >= 0.3 is 12.2 Å². The average Bonchev–Trinajstić information content (AvgIpc) is 3.20. The fourth-order valence-corrected chi connectivity index (χ4v) is 4.17. The number of hydroxylamine groups is 2. The van der Waals surface area contributed by atoms with E-state index in [-0.39, 0.29) is 6.54 Å². The van der Waals surface area contributed by atoms with E-state index in [1.807, 2.05) is 43.3 Å². The molecule has 0 bridgehead atoms. The Morgan fingerprint density at radius 3 is 2.33 bits per heavy atom. The van der Waals surface area contributed by atoms with Gasteiger partial charge in [-0.3, -0.25) is 4.84 Å². The topological polar surface area (TPSA) is 78.2 Å². The zero-order chi connectivity index (χ0) is 29.5. The number of fused-ring (bicyclic) bond motifs is 1. The van der Waals surface area contributed by atoms with Gasteiger partial charge in [0.05, 0.1) is 6.54 Å². The number of allylic oxidation sites excluding steroid dienone is 1. The van der Waals surface area contributed by atoms with Gasteiger partial charge < -0.3 is 13.9 Å². The van der Waals surface area contributed by atoms with Gasteiger partial charge in [-0.15, -0.1) is 5.06 Å². The largest absolute Gasteiger partial charge is 0.534 e. The van der Waals surface area contributed by atoms with Crippen molar-refractivity contribution in [3.63, 3.8) is 0 Å². The third-order valence-electron chi connectivity index (χ3n) is 6.04. The first-order chi connectivity index (χ1) is 18.8. The Balaban J connectivity index is 1.82.